The molecule has 2 rings (SSSR count). The minimum absolute atomic E-state index is 0.111. The van der Waals surface area contributed by atoms with Gasteiger partial charge in [0.25, 0.3) is 0 Å². The van der Waals surface area contributed by atoms with Crippen LogP contribution in [-0.4, -0.2) is 36.7 Å². The molecule has 1 fully saturated rings. The van der Waals surface area contributed by atoms with Crippen LogP contribution in [0.1, 0.15) is 26.7 Å². The number of hydrogen-bond acceptors (Lipinski definition) is 3. The summed E-state index contributed by atoms with van der Waals surface area (Å²) in [6.07, 6.45) is 2.34. The standard InChI is InChI=1S/C16H25ClN2O/c1-12(2)19-9-7-13(8-10-19)16(18)11-20-15-5-3-14(17)4-6-15/h3-6,12-13,16H,7-11,18H2,1-2H3. The second-order valence-electron chi connectivity index (χ2n) is 5.90. The lowest BCUT2D eigenvalue weighted by atomic mass is 9.90. The van der Waals surface area contributed by atoms with Gasteiger partial charge in [0.2, 0.25) is 0 Å². The van der Waals surface area contributed by atoms with Crippen LogP contribution in [0.4, 0.5) is 0 Å². The molecule has 1 aromatic carbocycles. The van der Waals surface area contributed by atoms with E-state index in [0.717, 1.165) is 23.9 Å². The Labute approximate surface area is 127 Å². The van der Waals surface area contributed by atoms with Gasteiger partial charge in [-0.2, -0.15) is 0 Å². The number of benzene rings is 1. The van der Waals surface area contributed by atoms with Crippen LogP contribution in [0.2, 0.25) is 5.02 Å². The number of likely N-dealkylation sites (tertiary alicyclic amines) is 1. The molecule has 0 radical (unpaired) electrons. The van der Waals surface area contributed by atoms with Gasteiger partial charge in [-0.3, -0.25) is 0 Å². The molecular formula is C16H25ClN2O. The summed E-state index contributed by atoms with van der Waals surface area (Å²) in [4.78, 5) is 2.52. The highest BCUT2D eigenvalue weighted by Gasteiger charge is 2.25. The Morgan fingerprint density at radius 1 is 1.25 bits per heavy atom. The lowest BCUT2D eigenvalue weighted by molar-refractivity contribution is 0.123. The Morgan fingerprint density at radius 2 is 1.85 bits per heavy atom. The molecule has 20 heavy (non-hydrogen) atoms. The highest BCUT2D eigenvalue weighted by molar-refractivity contribution is 6.30. The van der Waals surface area contributed by atoms with E-state index in [-0.39, 0.29) is 6.04 Å². The molecule has 1 aliphatic rings. The molecular weight excluding hydrogens is 272 g/mol. The van der Waals surface area contributed by atoms with E-state index in [9.17, 15) is 0 Å². The summed E-state index contributed by atoms with van der Waals surface area (Å²) >= 11 is 5.85. The molecule has 1 unspecified atom stereocenters. The summed E-state index contributed by atoms with van der Waals surface area (Å²) in [7, 11) is 0. The zero-order valence-corrected chi connectivity index (χ0v) is 13.1. The van der Waals surface area contributed by atoms with Gasteiger partial charge in [0, 0.05) is 17.1 Å². The van der Waals surface area contributed by atoms with Gasteiger partial charge in [0.15, 0.2) is 0 Å². The lowest BCUT2D eigenvalue weighted by Gasteiger charge is -2.36. The fraction of sp³-hybridized carbons (Fsp3) is 0.625. The van der Waals surface area contributed by atoms with Crippen molar-refractivity contribution >= 4 is 11.6 Å². The van der Waals surface area contributed by atoms with E-state index in [1.807, 2.05) is 24.3 Å². The first-order valence-electron chi connectivity index (χ1n) is 7.44. The number of nitrogens with zero attached hydrogens (tertiary/aromatic N) is 1. The number of nitrogens with two attached hydrogens (primary N) is 1. The van der Waals surface area contributed by atoms with Gasteiger partial charge in [0.1, 0.15) is 12.4 Å². The molecule has 112 valence electrons. The fourth-order valence-corrected chi connectivity index (χ4v) is 2.85. The predicted molar refractivity (Wildman–Crippen MR) is 84.4 cm³/mol. The second-order valence-corrected chi connectivity index (χ2v) is 6.33. The monoisotopic (exact) mass is 296 g/mol. The number of ether oxygens (including phenoxy) is 1. The average molecular weight is 297 g/mol. The van der Waals surface area contributed by atoms with Crippen LogP contribution in [0.3, 0.4) is 0 Å². The smallest absolute Gasteiger partial charge is 0.119 e. The van der Waals surface area contributed by atoms with Crippen molar-refractivity contribution in [2.24, 2.45) is 11.7 Å². The van der Waals surface area contributed by atoms with E-state index in [1.165, 1.54) is 12.8 Å². The zero-order valence-electron chi connectivity index (χ0n) is 12.4. The Balaban J connectivity index is 1.75. The van der Waals surface area contributed by atoms with Gasteiger partial charge in [-0.1, -0.05) is 11.6 Å². The quantitative estimate of drug-likeness (QED) is 0.907. The van der Waals surface area contributed by atoms with Crippen molar-refractivity contribution < 1.29 is 4.74 Å². The van der Waals surface area contributed by atoms with Crippen LogP contribution in [-0.2, 0) is 0 Å². The Morgan fingerprint density at radius 3 is 2.40 bits per heavy atom. The molecule has 1 heterocycles. The molecule has 4 heteroatoms. The summed E-state index contributed by atoms with van der Waals surface area (Å²) < 4.78 is 5.75. The van der Waals surface area contributed by atoms with Gasteiger partial charge < -0.3 is 15.4 Å². The van der Waals surface area contributed by atoms with Crippen LogP contribution in [0.15, 0.2) is 24.3 Å². The molecule has 0 aromatic heterocycles. The molecule has 2 N–H and O–H groups in total. The number of piperidine rings is 1. The molecule has 0 spiro atoms. The predicted octanol–water partition coefficient (Wildman–Crippen LogP) is 3.17. The molecule has 0 bridgehead atoms. The average Bonchev–Trinajstić information content (AvgIpc) is 2.46. The summed E-state index contributed by atoms with van der Waals surface area (Å²) in [5.41, 5.74) is 6.28. The van der Waals surface area contributed by atoms with Crippen molar-refractivity contribution in [2.75, 3.05) is 19.7 Å². The first-order chi connectivity index (χ1) is 9.56. The molecule has 1 saturated heterocycles. The maximum atomic E-state index is 6.28. The summed E-state index contributed by atoms with van der Waals surface area (Å²) in [6, 6.07) is 8.19. The maximum absolute atomic E-state index is 6.28. The normalized spacial score (nSPS) is 19.2. The largest absolute Gasteiger partial charge is 0.492 e. The minimum atomic E-state index is 0.111. The van der Waals surface area contributed by atoms with E-state index in [4.69, 9.17) is 22.1 Å². The second kappa shape index (κ2) is 7.30. The first-order valence-corrected chi connectivity index (χ1v) is 7.82. The van der Waals surface area contributed by atoms with Gasteiger partial charge in [-0.05, 0) is 70.0 Å². The van der Waals surface area contributed by atoms with E-state index >= 15 is 0 Å². The zero-order chi connectivity index (χ0) is 14.5. The molecule has 1 aliphatic heterocycles. The Bertz CT molecular complexity index is 399. The van der Waals surface area contributed by atoms with Crippen molar-refractivity contribution in [3.05, 3.63) is 29.3 Å². The van der Waals surface area contributed by atoms with Crippen molar-refractivity contribution in [1.82, 2.24) is 4.90 Å². The van der Waals surface area contributed by atoms with Crippen molar-refractivity contribution in [2.45, 2.75) is 38.8 Å². The molecule has 0 aliphatic carbocycles. The third-order valence-corrected chi connectivity index (χ3v) is 4.42. The van der Waals surface area contributed by atoms with Gasteiger partial charge in [-0.25, -0.2) is 0 Å². The fourth-order valence-electron chi connectivity index (χ4n) is 2.72. The van der Waals surface area contributed by atoms with Crippen molar-refractivity contribution in [1.29, 1.82) is 0 Å². The first kappa shape index (κ1) is 15.6. The minimum Gasteiger partial charge on any atom is -0.492 e. The highest BCUT2D eigenvalue weighted by Crippen LogP contribution is 2.22. The van der Waals surface area contributed by atoms with E-state index in [0.29, 0.717) is 18.6 Å². The number of rotatable bonds is 5. The summed E-state index contributed by atoms with van der Waals surface area (Å²) in [6.45, 7) is 7.38. The van der Waals surface area contributed by atoms with Gasteiger partial charge in [0.05, 0.1) is 0 Å². The summed E-state index contributed by atoms with van der Waals surface area (Å²) in [5, 5.41) is 0.725. The van der Waals surface area contributed by atoms with Gasteiger partial charge in [-0.15, -0.1) is 0 Å². The van der Waals surface area contributed by atoms with Crippen LogP contribution >= 0.6 is 11.6 Å². The third kappa shape index (κ3) is 4.37. The van der Waals surface area contributed by atoms with Crippen LogP contribution in [0.25, 0.3) is 0 Å². The number of hydrogen-bond donors (Lipinski definition) is 1. The maximum Gasteiger partial charge on any atom is 0.119 e. The summed E-state index contributed by atoms with van der Waals surface area (Å²) in [5.74, 6) is 1.40. The highest BCUT2D eigenvalue weighted by atomic mass is 35.5. The van der Waals surface area contributed by atoms with Crippen LogP contribution in [0.5, 0.6) is 5.75 Å². The molecule has 1 atom stereocenters. The van der Waals surface area contributed by atoms with Crippen molar-refractivity contribution in [3.8, 4) is 5.75 Å². The molecule has 0 amide bonds. The van der Waals surface area contributed by atoms with Gasteiger partial charge >= 0.3 is 0 Å². The number of halogens is 1. The van der Waals surface area contributed by atoms with Crippen molar-refractivity contribution in [3.63, 3.8) is 0 Å². The molecule has 1 aromatic rings. The SMILES string of the molecule is CC(C)N1CCC(C(N)COc2ccc(Cl)cc2)CC1. The Hall–Kier alpha value is -0.770. The van der Waals surface area contributed by atoms with E-state index in [2.05, 4.69) is 18.7 Å². The molecule has 3 nitrogen and oxygen atoms in total. The topological polar surface area (TPSA) is 38.5 Å². The van der Waals surface area contributed by atoms with E-state index in [1.54, 1.807) is 0 Å². The Kier molecular flexibility index (Phi) is 5.70. The molecule has 0 saturated carbocycles. The third-order valence-electron chi connectivity index (χ3n) is 4.17. The van der Waals surface area contributed by atoms with Crippen LogP contribution in [0, 0.1) is 5.92 Å². The van der Waals surface area contributed by atoms with E-state index < -0.39 is 0 Å². The lowest BCUT2D eigenvalue weighted by Crippen LogP contribution is -2.45. The van der Waals surface area contributed by atoms with Crippen LogP contribution < -0.4 is 10.5 Å².